The second kappa shape index (κ2) is 8.37. The summed E-state index contributed by atoms with van der Waals surface area (Å²) in [6.07, 6.45) is 1.38. The SMILES string of the molecule is O=C(CCn1ccc(=O)[nH]c1=O)Nc1cc(Cl)ccc1Oc1ccccc1. The number of amides is 1. The average molecular weight is 386 g/mol. The van der Waals surface area contributed by atoms with E-state index in [9.17, 15) is 14.4 Å². The molecule has 2 N–H and O–H groups in total. The van der Waals surface area contributed by atoms with E-state index in [0.717, 1.165) is 0 Å². The van der Waals surface area contributed by atoms with Crippen LogP contribution in [0.25, 0.3) is 0 Å². The lowest BCUT2D eigenvalue weighted by atomic mass is 10.2. The van der Waals surface area contributed by atoms with E-state index in [-0.39, 0.29) is 18.9 Å². The highest BCUT2D eigenvalue weighted by atomic mass is 35.5. The second-order valence-corrected chi connectivity index (χ2v) is 6.09. The molecule has 3 rings (SSSR count). The molecule has 0 fully saturated rings. The van der Waals surface area contributed by atoms with Crippen molar-refractivity contribution in [3.8, 4) is 11.5 Å². The number of H-pyrrole nitrogens is 1. The molecular formula is C19H16ClN3O4. The van der Waals surface area contributed by atoms with Crippen molar-refractivity contribution in [1.82, 2.24) is 9.55 Å². The number of aromatic nitrogens is 2. The number of carbonyl (C=O) groups excluding carboxylic acids is 1. The Morgan fingerprint density at radius 2 is 1.89 bits per heavy atom. The van der Waals surface area contributed by atoms with Crippen LogP contribution >= 0.6 is 11.6 Å². The van der Waals surface area contributed by atoms with E-state index in [1.807, 2.05) is 18.2 Å². The van der Waals surface area contributed by atoms with Crippen molar-refractivity contribution in [3.63, 3.8) is 0 Å². The van der Waals surface area contributed by atoms with Gasteiger partial charge in [0.2, 0.25) is 5.91 Å². The number of para-hydroxylation sites is 1. The number of aryl methyl sites for hydroxylation is 1. The van der Waals surface area contributed by atoms with E-state index in [2.05, 4.69) is 10.3 Å². The quantitative estimate of drug-likeness (QED) is 0.682. The zero-order valence-electron chi connectivity index (χ0n) is 14.1. The number of aromatic amines is 1. The highest BCUT2D eigenvalue weighted by Crippen LogP contribution is 2.32. The molecule has 0 aliphatic heterocycles. The number of hydrogen-bond donors (Lipinski definition) is 2. The van der Waals surface area contributed by atoms with Crippen molar-refractivity contribution in [3.05, 3.63) is 86.7 Å². The standard InChI is InChI=1S/C19H16ClN3O4/c20-13-6-7-16(27-14-4-2-1-3-5-14)15(12-13)21-17(24)8-10-23-11-9-18(25)22-19(23)26/h1-7,9,11-12H,8,10H2,(H,21,24)(H,22,25,26). The molecule has 1 heterocycles. The molecule has 1 aromatic heterocycles. The van der Waals surface area contributed by atoms with Crippen molar-refractivity contribution in [1.29, 1.82) is 0 Å². The van der Waals surface area contributed by atoms with Crippen LogP contribution in [0, 0.1) is 0 Å². The Hall–Kier alpha value is -3.32. The van der Waals surface area contributed by atoms with Crippen LogP contribution in [0.4, 0.5) is 5.69 Å². The molecule has 0 bridgehead atoms. The first-order chi connectivity index (χ1) is 13.0. The van der Waals surface area contributed by atoms with Gasteiger partial charge in [0.25, 0.3) is 5.56 Å². The van der Waals surface area contributed by atoms with E-state index in [1.165, 1.54) is 16.8 Å². The molecule has 7 nitrogen and oxygen atoms in total. The maximum absolute atomic E-state index is 12.3. The molecule has 8 heteroatoms. The number of benzene rings is 2. The van der Waals surface area contributed by atoms with Gasteiger partial charge in [-0.15, -0.1) is 0 Å². The number of hydrogen-bond acceptors (Lipinski definition) is 4. The summed E-state index contributed by atoms with van der Waals surface area (Å²) in [4.78, 5) is 37.1. The molecule has 3 aromatic rings. The van der Waals surface area contributed by atoms with Gasteiger partial charge < -0.3 is 14.6 Å². The summed E-state index contributed by atoms with van der Waals surface area (Å²) in [5.41, 5.74) is -0.626. The summed E-state index contributed by atoms with van der Waals surface area (Å²) >= 11 is 6.03. The number of nitrogens with one attached hydrogen (secondary N) is 2. The molecule has 0 aliphatic rings. The van der Waals surface area contributed by atoms with Gasteiger partial charge in [-0.2, -0.15) is 0 Å². The van der Waals surface area contributed by atoms with Crippen molar-refractivity contribution in [2.75, 3.05) is 5.32 Å². The molecule has 0 saturated heterocycles. The maximum atomic E-state index is 12.3. The summed E-state index contributed by atoms with van der Waals surface area (Å²) in [7, 11) is 0. The third-order valence-electron chi connectivity index (χ3n) is 3.66. The highest BCUT2D eigenvalue weighted by molar-refractivity contribution is 6.31. The largest absolute Gasteiger partial charge is 0.455 e. The molecule has 27 heavy (non-hydrogen) atoms. The molecule has 0 atom stereocenters. The normalized spacial score (nSPS) is 10.4. The lowest BCUT2D eigenvalue weighted by molar-refractivity contribution is -0.116. The minimum atomic E-state index is -0.564. The van der Waals surface area contributed by atoms with Crippen molar-refractivity contribution < 1.29 is 9.53 Å². The first-order valence-corrected chi connectivity index (χ1v) is 8.51. The van der Waals surface area contributed by atoms with Crippen LogP contribution in [0.15, 0.2) is 70.4 Å². The smallest absolute Gasteiger partial charge is 0.328 e. The summed E-state index contributed by atoms with van der Waals surface area (Å²) in [5, 5.41) is 3.18. The fraction of sp³-hybridized carbons (Fsp3) is 0.105. The molecule has 2 aromatic carbocycles. The van der Waals surface area contributed by atoms with Gasteiger partial charge in [0.05, 0.1) is 5.69 Å². The van der Waals surface area contributed by atoms with Crippen LogP contribution in [0.3, 0.4) is 0 Å². The van der Waals surface area contributed by atoms with Crippen LogP contribution in [0.5, 0.6) is 11.5 Å². The molecule has 1 amide bonds. The Bertz CT molecular complexity index is 1060. The molecule has 0 radical (unpaired) electrons. The summed E-state index contributed by atoms with van der Waals surface area (Å²) in [6, 6.07) is 15.3. The average Bonchev–Trinajstić information content (AvgIpc) is 2.64. The monoisotopic (exact) mass is 385 g/mol. The van der Waals surface area contributed by atoms with E-state index < -0.39 is 11.2 Å². The first-order valence-electron chi connectivity index (χ1n) is 8.13. The van der Waals surface area contributed by atoms with Crippen LogP contribution in [-0.2, 0) is 11.3 Å². The van der Waals surface area contributed by atoms with E-state index in [4.69, 9.17) is 16.3 Å². The third-order valence-corrected chi connectivity index (χ3v) is 3.90. The summed E-state index contributed by atoms with van der Waals surface area (Å²) < 4.78 is 7.04. The van der Waals surface area contributed by atoms with Gasteiger partial charge in [-0.1, -0.05) is 29.8 Å². The van der Waals surface area contributed by atoms with Crippen LogP contribution in [0.2, 0.25) is 5.02 Å². The fourth-order valence-corrected chi connectivity index (χ4v) is 2.53. The number of carbonyl (C=O) groups is 1. The number of nitrogens with zero attached hydrogens (tertiary/aromatic N) is 1. The lowest BCUT2D eigenvalue weighted by Gasteiger charge is -2.13. The fourth-order valence-electron chi connectivity index (χ4n) is 2.36. The van der Waals surface area contributed by atoms with Gasteiger partial charge in [0, 0.05) is 30.3 Å². The van der Waals surface area contributed by atoms with Gasteiger partial charge in [0.15, 0.2) is 5.75 Å². The summed E-state index contributed by atoms with van der Waals surface area (Å²) in [6.45, 7) is 0.122. The Morgan fingerprint density at radius 3 is 2.63 bits per heavy atom. The first kappa shape index (κ1) is 18.5. The molecule has 0 spiro atoms. The Balaban J connectivity index is 1.70. The van der Waals surface area contributed by atoms with Gasteiger partial charge in [0.1, 0.15) is 5.75 Å². The predicted molar refractivity (Wildman–Crippen MR) is 103 cm³/mol. The number of ether oxygens (including phenoxy) is 1. The Kier molecular flexibility index (Phi) is 5.73. The van der Waals surface area contributed by atoms with E-state index in [0.29, 0.717) is 22.2 Å². The molecule has 0 aliphatic carbocycles. The van der Waals surface area contributed by atoms with Gasteiger partial charge >= 0.3 is 5.69 Å². The molecular weight excluding hydrogens is 370 g/mol. The van der Waals surface area contributed by atoms with Crippen molar-refractivity contribution >= 4 is 23.2 Å². The predicted octanol–water partition coefficient (Wildman–Crippen LogP) is 3.01. The minimum absolute atomic E-state index is 0.0310. The zero-order chi connectivity index (χ0) is 19.2. The Labute approximate surface area is 159 Å². The maximum Gasteiger partial charge on any atom is 0.328 e. The number of anilines is 1. The summed E-state index contributed by atoms with van der Waals surface area (Å²) in [5.74, 6) is 0.739. The molecule has 0 saturated carbocycles. The number of halogens is 1. The van der Waals surface area contributed by atoms with E-state index in [1.54, 1.807) is 30.3 Å². The Morgan fingerprint density at radius 1 is 1.11 bits per heavy atom. The van der Waals surface area contributed by atoms with E-state index >= 15 is 0 Å². The minimum Gasteiger partial charge on any atom is -0.455 e. The zero-order valence-corrected chi connectivity index (χ0v) is 14.9. The van der Waals surface area contributed by atoms with Gasteiger partial charge in [-0.3, -0.25) is 14.6 Å². The molecule has 0 unspecified atom stereocenters. The number of rotatable bonds is 6. The van der Waals surface area contributed by atoms with Crippen LogP contribution < -0.4 is 21.3 Å². The van der Waals surface area contributed by atoms with Crippen LogP contribution in [0.1, 0.15) is 6.42 Å². The van der Waals surface area contributed by atoms with Gasteiger partial charge in [-0.05, 0) is 30.3 Å². The van der Waals surface area contributed by atoms with Crippen LogP contribution in [-0.4, -0.2) is 15.5 Å². The molecule has 138 valence electrons. The second-order valence-electron chi connectivity index (χ2n) is 5.66. The highest BCUT2D eigenvalue weighted by Gasteiger charge is 2.10. The lowest BCUT2D eigenvalue weighted by Crippen LogP contribution is -2.29. The van der Waals surface area contributed by atoms with Gasteiger partial charge in [-0.25, -0.2) is 4.79 Å². The van der Waals surface area contributed by atoms with Crippen molar-refractivity contribution in [2.24, 2.45) is 0 Å². The third kappa shape index (κ3) is 5.08. The van der Waals surface area contributed by atoms with Crippen molar-refractivity contribution in [2.45, 2.75) is 13.0 Å². The topological polar surface area (TPSA) is 93.2 Å².